The molecule has 0 radical (unpaired) electrons. The second-order valence-corrected chi connectivity index (χ2v) is 9.48. The summed E-state index contributed by atoms with van der Waals surface area (Å²) in [6.07, 6.45) is 1.69. The zero-order valence-electron chi connectivity index (χ0n) is 20.3. The summed E-state index contributed by atoms with van der Waals surface area (Å²) in [6, 6.07) is 12.1. The van der Waals surface area contributed by atoms with E-state index in [1.165, 1.54) is 19.1 Å². The fourth-order valence-corrected chi connectivity index (χ4v) is 5.02. The van der Waals surface area contributed by atoms with Gasteiger partial charge in [0.25, 0.3) is 5.91 Å². The summed E-state index contributed by atoms with van der Waals surface area (Å²) < 4.78 is 12.2. The van der Waals surface area contributed by atoms with E-state index >= 15 is 0 Å². The van der Waals surface area contributed by atoms with Crippen molar-refractivity contribution in [2.75, 3.05) is 19.1 Å². The molecule has 0 saturated heterocycles. The van der Waals surface area contributed by atoms with Gasteiger partial charge in [0, 0.05) is 22.1 Å². The van der Waals surface area contributed by atoms with E-state index in [1.807, 2.05) is 24.5 Å². The van der Waals surface area contributed by atoms with E-state index < -0.39 is 5.97 Å². The molecule has 36 heavy (non-hydrogen) atoms. The molecule has 2 heterocycles. The summed E-state index contributed by atoms with van der Waals surface area (Å²) in [5.74, 6) is -0.509. The molecule has 3 aromatic rings. The monoisotopic (exact) mass is 544 g/mol. The van der Waals surface area contributed by atoms with Crippen molar-refractivity contribution >= 4 is 58.4 Å². The van der Waals surface area contributed by atoms with Gasteiger partial charge < -0.3 is 14.0 Å². The Balaban J connectivity index is 1.86. The number of aryl methyl sites for hydroxylation is 1. The van der Waals surface area contributed by atoms with Crippen LogP contribution in [0.3, 0.4) is 0 Å². The van der Waals surface area contributed by atoms with Crippen molar-refractivity contribution in [3.63, 3.8) is 0 Å². The number of carbonyl (C=O) groups is 2. The number of amides is 1. The minimum Gasteiger partial charge on any atom is -0.495 e. The normalized spacial score (nSPS) is 14.7. The Morgan fingerprint density at radius 2 is 1.67 bits per heavy atom. The molecule has 0 aliphatic carbocycles. The lowest BCUT2D eigenvalue weighted by atomic mass is 10.0. The first-order valence-electron chi connectivity index (χ1n) is 10.9. The molecule has 0 spiro atoms. The lowest BCUT2D eigenvalue weighted by Gasteiger charge is -2.19. The number of benzene rings is 2. The number of hydrogen-bond donors (Lipinski definition) is 0. The number of anilines is 1. The fourth-order valence-electron chi connectivity index (χ4n) is 4.40. The van der Waals surface area contributed by atoms with Gasteiger partial charge in [0.2, 0.25) is 0 Å². The number of ether oxygens (including phenoxy) is 2. The van der Waals surface area contributed by atoms with Crippen LogP contribution in [0.25, 0.3) is 11.8 Å². The molecular weight excluding hydrogens is 523 g/mol. The molecule has 0 saturated carbocycles. The van der Waals surface area contributed by atoms with Crippen LogP contribution < -0.4 is 9.64 Å². The van der Waals surface area contributed by atoms with Crippen molar-refractivity contribution in [2.24, 2.45) is 0 Å². The van der Waals surface area contributed by atoms with Crippen molar-refractivity contribution in [1.82, 2.24) is 4.57 Å². The van der Waals surface area contributed by atoms with E-state index in [-0.39, 0.29) is 17.1 Å². The molecule has 0 bridgehead atoms. The van der Waals surface area contributed by atoms with Crippen LogP contribution in [0.1, 0.15) is 23.9 Å². The highest BCUT2D eigenvalue weighted by atomic mass is 35.5. The van der Waals surface area contributed by atoms with Gasteiger partial charge in [-0.05, 0) is 74.9 Å². The summed E-state index contributed by atoms with van der Waals surface area (Å²) in [4.78, 5) is 27.9. The van der Waals surface area contributed by atoms with E-state index in [4.69, 9.17) is 44.3 Å². The first-order chi connectivity index (χ1) is 17.1. The van der Waals surface area contributed by atoms with Gasteiger partial charge in [-0.2, -0.15) is 0 Å². The highest BCUT2D eigenvalue weighted by Crippen LogP contribution is 2.39. The molecule has 186 valence electrons. The van der Waals surface area contributed by atoms with Gasteiger partial charge in [0.1, 0.15) is 5.75 Å². The Kier molecular flexibility index (Phi) is 7.23. The predicted octanol–water partition coefficient (Wildman–Crippen LogP) is 6.94. The second-order valence-electron chi connectivity index (χ2n) is 8.23. The second kappa shape index (κ2) is 10.1. The standard InChI is InChI=1S/C27H23Cl3N2O4/c1-14-10-17(15(2)31(14)23-12-18(28)6-8-21(23)29)11-20-25(27(34)36-5)16(3)32(26(20)33)19-7-9-24(35-4)22(30)13-19/h6-13H,1-5H3/b20-11-. The molecule has 1 aromatic heterocycles. The SMILES string of the molecule is COC(=O)C1=C(C)N(c2ccc(OC)c(Cl)c2)C(=O)/C1=C\c1cc(C)n(-c2cc(Cl)ccc2Cl)c1C. The van der Waals surface area contributed by atoms with Gasteiger partial charge in [-0.15, -0.1) is 0 Å². The lowest BCUT2D eigenvalue weighted by molar-refractivity contribution is -0.136. The van der Waals surface area contributed by atoms with Gasteiger partial charge in [0.15, 0.2) is 0 Å². The van der Waals surface area contributed by atoms with Crippen LogP contribution in [-0.2, 0) is 14.3 Å². The highest BCUT2D eigenvalue weighted by Gasteiger charge is 2.38. The molecule has 1 aliphatic heterocycles. The molecule has 0 N–H and O–H groups in total. The third kappa shape index (κ3) is 4.41. The van der Waals surface area contributed by atoms with E-state index in [2.05, 4.69) is 0 Å². The number of carbonyl (C=O) groups excluding carboxylic acids is 2. The zero-order valence-corrected chi connectivity index (χ0v) is 22.5. The minimum absolute atomic E-state index is 0.181. The topological polar surface area (TPSA) is 60.8 Å². The number of esters is 1. The Hall–Kier alpha value is -3.19. The van der Waals surface area contributed by atoms with E-state index in [1.54, 1.807) is 49.4 Å². The van der Waals surface area contributed by atoms with Gasteiger partial charge in [-0.3, -0.25) is 9.69 Å². The quantitative estimate of drug-likeness (QED) is 0.257. The summed E-state index contributed by atoms with van der Waals surface area (Å²) >= 11 is 19.0. The Bertz CT molecular complexity index is 1470. The zero-order chi connectivity index (χ0) is 26.3. The van der Waals surface area contributed by atoms with Crippen LogP contribution in [-0.4, -0.2) is 30.7 Å². The first-order valence-corrected chi connectivity index (χ1v) is 12.1. The molecule has 1 amide bonds. The average molecular weight is 546 g/mol. The molecule has 1 aliphatic rings. The van der Waals surface area contributed by atoms with E-state index in [0.29, 0.717) is 32.2 Å². The number of allylic oxidation sites excluding steroid dienone is 1. The van der Waals surface area contributed by atoms with Crippen LogP contribution in [0.5, 0.6) is 5.75 Å². The van der Waals surface area contributed by atoms with Crippen LogP contribution in [0.2, 0.25) is 15.1 Å². The maximum absolute atomic E-state index is 13.7. The number of rotatable bonds is 5. The van der Waals surface area contributed by atoms with Gasteiger partial charge in [-0.1, -0.05) is 34.8 Å². The smallest absolute Gasteiger partial charge is 0.340 e. The first kappa shape index (κ1) is 25.9. The molecule has 9 heteroatoms. The maximum atomic E-state index is 13.7. The Morgan fingerprint density at radius 3 is 2.31 bits per heavy atom. The van der Waals surface area contributed by atoms with Crippen molar-refractivity contribution in [1.29, 1.82) is 0 Å². The molecule has 6 nitrogen and oxygen atoms in total. The summed E-state index contributed by atoms with van der Waals surface area (Å²) in [5, 5.41) is 1.42. The summed E-state index contributed by atoms with van der Waals surface area (Å²) in [7, 11) is 2.79. The third-order valence-electron chi connectivity index (χ3n) is 6.10. The molecule has 0 unspecified atom stereocenters. The van der Waals surface area contributed by atoms with Gasteiger partial charge >= 0.3 is 5.97 Å². The highest BCUT2D eigenvalue weighted by molar-refractivity contribution is 6.34. The molecule has 4 rings (SSSR count). The number of aromatic nitrogens is 1. The largest absolute Gasteiger partial charge is 0.495 e. The van der Waals surface area contributed by atoms with Crippen LogP contribution in [0.4, 0.5) is 5.69 Å². The maximum Gasteiger partial charge on any atom is 0.340 e. The third-order valence-corrected chi connectivity index (χ3v) is 6.95. The molecular formula is C27H23Cl3N2O4. The number of halogens is 3. The lowest BCUT2D eigenvalue weighted by Crippen LogP contribution is -2.24. The Morgan fingerprint density at radius 1 is 0.944 bits per heavy atom. The van der Waals surface area contributed by atoms with Crippen molar-refractivity contribution in [2.45, 2.75) is 20.8 Å². The van der Waals surface area contributed by atoms with Crippen molar-refractivity contribution < 1.29 is 19.1 Å². The Labute approximate surface area is 224 Å². The van der Waals surface area contributed by atoms with E-state index in [0.717, 1.165) is 22.6 Å². The minimum atomic E-state index is -0.610. The summed E-state index contributed by atoms with van der Waals surface area (Å²) in [6.45, 7) is 5.53. The molecule has 2 aromatic carbocycles. The molecule has 0 fully saturated rings. The van der Waals surface area contributed by atoms with Crippen LogP contribution >= 0.6 is 34.8 Å². The van der Waals surface area contributed by atoms with Crippen molar-refractivity contribution in [3.05, 3.63) is 91.3 Å². The number of hydrogen-bond acceptors (Lipinski definition) is 4. The molecule has 0 atom stereocenters. The number of nitrogens with zero attached hydrogens (tertiary/aromatic N) is 2. The van der Waals surface area contributed by atoms with Crippen molar-refractivity contribution in [3.8, 4) is 11.4 Å². The van der Waals surface area contributed by atoms with Crippen LogP contribution in [0, 0.1) is 13.8 Å². The fraction of sp³-hybridized carbons (Fsp3) is 0.185. The van der Waals surface area contributed by atoms with E-state index in [9.17, 15) is 9.59 Å². The van der Waals surface area contributed by atoms with Gasteiger partial charge in [-0.25, -0.2) is 4.79 Å². The van der Waals surface area contributed by atoms with Crippen LogP contribution in [0.15, 0.2) is 59.3 Å². The average Bonchev–Trinajstić information content (AvgIpc) is 3.26. The summed E-state index contributed by atoms with van der Waals surface area (Å²) in [5.41, 5.74) is 4.50. The number of methoxy groups -OCH3 is 2. The van der Waals surface area contributed by atoms with Gasteiger partial charge in [0.05, 0.1) is 46.8 Å². The predicted molar refractivity (Wildman–Crippen MR) is 143 cm³/mol.